The molecule has 4 heterocycles. The van der Waals surface area contributed by atoms with E-state index < -0.39 is 11.8 Å². The third kappa shape index (κ3) is 4.46. The average molecular weight is 441 g/mol. The number of aliphatic imine (C=N–C) groups is 1. The van der Waals surface area contributed by atoms with Crippen molar-refractivity contribution in [3.8, 4) is 5.69 Å². The Bertz CT molecular complexity index is 1180. The molecule has 0 bridgehead atoms. The lowest BCUT2D eigenvalue weighted by Crippen LogP contribution is -2.42. The largest absolute Gasteiger partial charge is 0.369 e. The minimum absolute atomic E-state index is 0.0197. The van der Waals surface area contributed by atoms with Gasteiger partial charge in [0, 0.05) is 57.8 Å². The summed E-state index contributed by atoms with van der Waals surface area (Å²) in [6, 6.07) is 3.46. The standard InChI is InChI=1S/C21H21F2N7O2/c1-28(2)13-27-19(31)17-24-11-16(12-25-17)30-6-3-14-9-15(10-26-18(14)30)20(32)29-7-4-21(22,23)5-8-29/h3,6,9-13H,4-5,7-8H2,1-2H3. The van der Waals surface area contributed by atoms with Crippen molar-refractivity contribution in [1.29, 1.82) is 0 Å². The second-order valence-electron chi connectivity index (χ2n) is 7.75. The molecule has 3 aromatic rings. The van der Waals surface area contributed by atoms with Gasteiger partial charge in [0.1, 0.15) is 5.65 Å². The molecule has 0 aliphatic carbocycles. The van der Waals surface area contributed by atoms with Gasteiger partial charge < -0.3 is 9.80 Å². The van der Waals surface area contributed by atoms with Crippen LogP contribution in [0.25, 0.3) is 16.7 Å². The molecule has 4 rings (SSSR count). The van der Waals surface area contributed by atoms with Crippen LogP contribution in [0.2, 0.25) is 0 Å². The fraction of sp³-hybridized carbons (Fsp3) is 0.333. The number of rotatable bonds is 4. The molecule has 3 aromatic heterocycles. The fourth-order valence-electron chi connectivity index (χ4n) is 3.35. The first-order valence-corrected chi connectivity index (χ1v) is 9.95. The molecule has 0 radical (unpaired) electrons. The van der Waals surface area contributed by atoms with Crippen molar-refractivity contribution in [2.24, 2.45) is 4.99 Å². The Balaban J connectivity index is 1.53. The quantitative estimate of drug-likeness (QED) is 0.456. The number of amides is 2. The molecule has 32 heavy (non-hydrogen) atoms. The van der Waals surface area contributed by atoms with Gasteiger partial charge in [0.15, 0.2) is 0 Å². The van der Waals surface area contributed by atoms with E-state index in [9.17, 15) is 18.4 Å². The number of pyridine rings is 1. The minimum atomic E-state index is -2.71. The summed E-state index contributed by atoms with van der Waals surface area (Å²) in [6.07, 6.45) is 6.87. The molecule has 166 valence electrons. The number of aromatic nitrogens is 4. The van der Waals surface area contributed by atoms with E-state index in [4.69, 9.17) is 0 Å². The van der Waals surface area contributed by atoms with Gasteiger partial charge >= 0.3 is 5.91 Å². The Labute approximate surface area is 182 Å². The highest BCUT2D eigenvalue weighted by molar-refractivity contribution is 5.97. The number of nitrogens with zero attached hydrogens (tertiary/aromatic N) is 7. The van der Waals surface area contributed by atoms with Gasteiger partial charge in [0.05, 0.1) is 30.0 Å². The number of carbonyl (C=O) groups is 2. The summed E-state index contributed by atoms with van der Waals surface area (Å²) >= 11 is 0. The van der Waals surface area contributed by atoms with Crippen LogP contribution < -0.4 is 0 Å². The molecule has 1 saturated heterocycles. The zero-order valence-corrected chi connectivity index (χ0v) is 17.6. The number of fused-ring (bicyclic) bond motifs is 1. The Hall–Kier alpha value is -3.76. The summed E-state index contributed by atoms with van der Waals surface area (Å²) < 4.78 is 28.5. The smallest absolute Gasteiger partial charge is 0.316 e. The monoisotopic (exact) mass is 441 g/mol. The van der Waals surface area contributed by atoms with Gasteiger partial charge in [-0.2, -0.15) is 4.99 Å². The summed E-state index contributed by atoms with van der Waals surface area (Å²) in [5.74, 6) is -3.61. The highest BCUT2D eigenvalue weighted by Crippen LogP contribution is 2.28. The van der Waals surface area contributed by atoms with Crippen LogP contribution >= 0.6 is 0 Å². The number of alkyl halides is 2. The minimum Gasteiger partial charge on any atom is -0.369 e. The van der Waals surface area contributed by atoms with Crippen LogP contribution in [0.3, 0.4) is 0 Å². The number of carbonyl (C=O) groups excluding carboxylic acids is 2. The van der Waals surface area contributed by atoms with Crippen molar-refractivity contribution in [2.45, 2.75) is 18.8 Å². The second kappa shape index (κ2) is 8.40. The SMILES string of the molecule is CN(C)C=NC(=O)c1ncc(-n2ccc3cc(C(=O)N4CCC(F)(F)CC4)cnc32)cn1. The van der Waals surface area contributed by atoms with Crippen molar-refractivity contribution in [1.82, 2.24) is 29.3 Å². The van der Waals surface area contributed by atoms with E-state index in [2.05, 4.69) is 19.9 Å². The van der Waals surface area contributed by atoms with Gasteiger partial charge in [-0.25, -0.2) is 23.7 Å². The van der Waals surface area contributed by atoms with Gasteiger partial charge in [-0.3, -0.25) is 14.2 Å². The van der Waals surface area contributed by atoms with Crippen molar-refractivity contribution < 1.29 is 18.4 Å². The van der Waals surface area contributed by atoms with E-state index in [1.54, 1.807) is 41.9 Å². The lowest BCUT2D eigenvalue weighted by Gasteiger charge is -2.31. The number of halogens is 2. The number of piperidine rings is 1. The summed E-state index contributed by atoms with van der Waals surface area (Å²) in [7, 11) is 3.49. The maximum absolute atomic E-state index is 13.4. The van der Waals surface area contributed by atoms with E-state index >= 15 is 0 Å². The number of hydrogen-bond acceptors (Lipinski definition) is 5. The Morgan fingerprint density at radius 3 is 2.47 bits per heavy atom. The number of hydrogen-bond donors (Lipinski definition) is 0. The first-order chi connectivity index (χ1) is 15.2. The summed E-state index contributed by atoms with van der Waals surface area (Å²) in [5.41, 5.74) is 1.49. The highest BCUT2D eigenvalue weighted by atomic mass is 19.3. The molecule has 2 amide bonds. The van der Waals surface area contributed by atoms with Crippen LogP contribution in [0.4, 0.5) is 8.78 Å². The normalized spacial score (nSPS) is 15.9. The molecule has 0 atom stereocenters. The highest BCUT2D eigenvalue weighted by Gasteiger charge is 2.35. The van der Waals surface area contributed by atoms with Crippen molar-refractivity contribution >= 4 is 29.2 Å². The van der Waals surface area contributed by atoms with E-state index in [0.717, 1.165) is 0 Å². The van der Waals surface area contributed by atoms with Crippen molar-refractivity contribution in [3.05, 3.63) is 48.3 Å². The summed E-state index contributed by atoms with van der Waals surface area (Å²) in [4.78, 5) is 44.0. The maximum Gasteiger partial charge on any atom is 0.316 e. The Kier molecular flexibility index (Phi) is 5.64. The van der Waals surface area contributed by atoms with Gasteiger partial charge in [-0.05, 0) is 12.1 Å². The molecule has 1 aliphatic heterocycles. The predicted octanol–water partition coefficient (Wildman–Crippen LogP) is 2.42. The van der Waals surface area contributed by atoms with E-state index in [1.807, 2.05) is 0 Å². The first-order valence-electron chi connectivity index (χ1n) is 9.95. The molecule has 0 N–H and O–H groups in total. The molecule has 0 aromatic carbocycles. The van der Waals surface area contributed by atoms with Crippen LogP contribution in [0.5, 0.6) is 0 Å². The van der Waals surface area contributed by atoms with E-state index in [0.29, 0.717) is 22.3 Å². The second-order valence-corrected chi connectivity index (χ2v) is 7.75. The molecule has 0 unspecified atom stereocenters. The van der Waals surface area contributed by atoms with Crippen molar-refractivity contribution in [2.75, 3.05) is 27.2 Å². The van der Waals surface area contributed by atoms with Gasteiger partial charge in [0.25, 0.3) is 11.8 Å². The third-order valence-electron chi connectivity index (χ3n) is 5.07. The molecule has 9 nitrogen and oxygen atoms in total. The number of likely N-dealkylation sites (tertiary alicyclic amines) is 1. The molecule has 1 fully saturated rings. The first kappa shape index (κ1) is 21.5. The molecule has 0 saturated carbocycles. The van der Waals surface area contributed by atoms with Gasteiger partial charge in [0.2, 0.25) is 5.82 Å². The summed E-state index contributed by atoms with van der Waals surface area (Å²) in [6.45, 7) is 0.0394. The van der Waals surface area contributed by atoms with Gasteiger partial charge in [-0.1, -0.05) is 0 Å². The van der Waals surface area contributed by atoms with Crippen LogP contribution in [-0.4, -0.2) is 80.6 Å². The lowest BCUT2D eigenvalue weighted by atomic mass is 10.1. The summed E-state index contributed by atoms with van der Waals surface area (Å²) in [5, 5.41) is 0.703. The lowest BCUT2D eigenvalue weighted by molar-refractivity contribution is -0.0494. The third-order valence-corrected chi connectivity index (χ3v) is 5.07. The van der Waals surface area contributed by atoms with Crippen LogP contribution in [-0.2, 0) is 0 Å². The van der Waals surface area contributed by atoms with E-state index in [1.165, 1.54) is 29.8 Å². The average Bonchev–Trinajstić information content (AvgIpc) is 3.20. The Morgan fingerprint density at radius 1 is 1.12 bits per heavy atom. The molecular formula is C21H21F2N7O2. The molecule has 0 spiro atoms. The van der Waals surface area contributed by atoms with Crippen LogP contribution in [0.1, 0.15) is 33.8 Å². The van der Waals surface area contributed by atoms with Crippen LogP contribution in [0.15, 0.2) is 41.9 Å². The fourth-order valence-corrected chi connectivity index (χ4v) is 3.35. The zero-order valence-electron chi connectivity index (χ0n) is 17.6. The molecule has 1 aliphatic rings. The van der Waals surface area contributed by atoms with E-state index in [-0.39, 0.29) is 37.7 Å². The zero-order chi connectivity index (χ0) is 22.9. The predicted molar refractivity (Wildman–Crippen MR) is 113 cm³/mol. The molecular weight excluding hydrogens is 420 g/mol. The Morgan fingerprint density at radius 2 is 1.81 bits per heavy atom. The molecule has 11 heteroatoms. The van der Waals surface area contributed by atoms with Crippen LogP contribution in [0, 0.1) is 0 Å². The maximum atomic E-state index is 13.4. The topological polar surface area (TPSA) is 96.6 Å². The van der Waals surface area contributed by atoms with Gasteiger partial charge in [-0.15, -0.1) is 0 Å². The van der Waals surface area contributed by atoms with Crippen molar-refractivity contribution in [3.63, 3.8) is 0 Å².